The zero-order chi connectivity index (χ0) is 15.1. The first-order chi connectivity index (χ1) is 9.41. The quantitative estimate of drug-likeness (QED) is 0.552. The van der Waals surface area contributed by atoms with Crippen molar-refractivity contribution in [3.05, 3.63) is 35.9 Å². The average molecular weight is 280 g/mol. The number of rotatable bonds is 7. The van der Waals surface area contributed by atoms with Gasteiger partial charge in [0.25, 0.3) is 5.91 Å². The normalized spacial score (nSPS) is 13.2. The number of nitrogens with one attached hydrogen (secondary N) is 1. The van der Waals surface area contributed by atoms with Gasteiger partial charge in [-0.05, 0) is 18.6 Å². The first-order valence-corrected chi connectivity index (χ1v) is 5.96. The van der Waals surface area contributed by atoms with Crippen LogP contribution in [0.15, 0.2) is 30.3 Å². The van der Waals surface area contributed by atoms with Crippen LogP contribution in [0.1, 0.15) is 16.8 Å². The number of benzene rings is 1. The van der Waals surface area contributed by atoms with Crippen molar-refractivity contribution in [1.29, 1.82) is 0 Å². The van der Waals surface area contributed by atoms with Gasteiger partial charge in [0, 0.05) is 12.1 Å². The molecule has 5 N–H and O–H groups in total. The van der Waals surface area contributed by atoms with Crippen LogP contribution in [0.3, 0.4) is 0 Å². The maximum atomic E-state index is 11.7. The Kier molecular flexibility index (Phi) is 5.67. The van der Waals surface area contributed by atoms with Crippen molar-refractivity contribution in [1.82, 2.24) is 5.32 Å². The number of hydrogen-bond donors (Lipinski definition) is 4. The highest BCUT2D eigenvalue weighted by atomic mass is 16.4. The predicted molar refractivity (Wildman–Crippen MR) is 70.1 cm³/mol. The molecule has 0 saturated heterocycles. The number of nitrogens with two attached hydrogens (primary N) is 1. The van der Waals surface area contributed by atoms with Crippen LogP contribution in [-0.2, 0) is 9.59 Å². The summed E-state index contributed by atoms with van der Waals surface area (Å²) in [6, 6.07) is 7.03. The lowest BCUT2D eigenvalue weighted by atomic mass is 10.0. The molecule has 7 heteroatoms. The standard InChI is InChI=1S/C13H16N2O5/c14-10(13(19)20)6-9(12(17)18)7-15-11(16)8-4-2-1-3-5-8/h1-5,9-10H,6-7,14H2,(H,15,16)(H,17,18)(H,19,20)/t9-,10-/m1/s1. The highest BCUT2D eigenvalue weighted by molar-refractivity contribution is 5.94. The van der Waals surface area contributed by atoms with E-state index in [4.69, 9.17) is 15.9 Å². The first kappa shape index (κ1) is 15.6. The molecule has 0 radical (unpaired) electrons. The van der Waals surface area contributed by atoms with Gasteiger partial charge in [-0.25, -0.2) is 0 Å². The predicted octanol–water partition coefficient (Wildman–Crippen LogP) is -0.0808. The summed E-state index contributed by atoms with van der Waals surface area (Å²) in [5.41, 5.74) is 5.70. The molecular formula is C13H16N2O5. The van der Waals surface area contributed by atoms with Crippen molar-refractivity contribution in [2.75, 3.05) is 6.54 Å². The summed E-state index contributed by atoms with van der Waals surface area (Å²) in [4.78, 5) is 33.4. The van der Waals surface area contributed by atoms with Gasteiger partial charge in [0.15, 0.2) is 0 Å². The number of carboxylic acid groups (broad SMARTS) is 2. The molecule has 0 unspecified atom stereocenters. The van der Waals surface area contributed by atoms with Crippen LogP contribution in [0.5, 0.6) is 0 Å². The molecule has 0 fully saturated rings. The fourth-order valence-corrected chi connectivity index (χ4v) is 1.59. The maximum absolute atomic E-state index is 11.7. The molecular weight excluding hydrogens is 264 g/mol. The highest BCUT2D eigenvalue weighted by Crippen LogP contribution is 2.06. The lowest BCUT2D eigenvalue weighted by Crippen LogP contribution is -2.39. The largest absolute Gasteiger partial charge is 0.481 e. The fourth-order valence-electron chi connectivity index (χ4n) is 1.59. The second-order valence-electron chi connectivity index (χ2n) is 4.29. The molecule has 108 valence electrons. The van der Waals surface area contributed by atoms with Gasteiger partial charge >= 0.3 is 11.9 Å². The summed E-state index contributed by atoms with van der Waals surface area (Å²) in [7, 11) is 0. The molecule has 1 aromatic carbocycles. The van der Waals surface area contributed by atoms with E-state index >= 15 is 0 Å². The average Bonchev–Trinajstić information content (AvgIpc) is 2.43. The van der Waals surface area contributed by atoms with Crippen LogP contribution in [0.4, 0.5) is 0 Å². The van der Waals surface area contributed by atoms with E-state index in [1.54, 1.807) is 30.3 Å². The Morgan fingerprint density at radius 3 is 2.20 bits per heavy atom. The SMILES string of the molecule is N[C@H](C[C@H](CNC(=O)c1ccccc1)C(=O)O)C(=O)O. The van der Waals surface area contributed by atoms with Crippen LogP contribution in [0, 0.1) is 5.92 Å². The molecule has 0 heterocycles. The van der Waals surface area contributed by atoms with Gasteiger partial charge in [-0.15, -0.1) is 0 Å². The van der Waals surface area contributed by atoms with Crippen LogP contribution >= 0.6 is 0 Å². The molecule has 1 amide bonds. The summed E-state index contributed by atoms with van der Waals surface area (Å²) < 4.78 is 0. The Bertz CT molecular complexity index is 489. The number of amides is 1. The van der Waals surface area contributed by atoms with Crippen molar-refractivity contribution in [3.63, 3.8) is 0 Å². The Morgan fingerprint density at radius 1 is 1.10 bits per heavy atom. The topological polar surface area (TPSA) is 130 Å². The lowest BCUT2D eigenvalue weighted by molar-refractivity contribution is -0.143. The van der Waals surface area contributed by atoms with Crippen LogP contribution in [0.2, 0.25) is 0 Å². The minimum atomic E-state index is -1.27. The van der Waals surface area contributed by atoms with Crippen LogP contribution in [-0.4, -0.2) is 40.6 Å². The lowest BCUT2D eigenvalue weighted by Gasteiger charge is -2.15. The van der Waals surface area contributed by atoms with Crippen molar-refractivity contribution in [2.24, 2.45) is 11.7 Å². The van der Waals surface area contributed by atoms with Gasteiger partial charge in [-0.1, -0.05) is 18.2 Å². The summed E-state index contributed by atoms with van der Waals surface area (Å²) in [5, 5.41) is 20.1. The van der Waals surface area contributed by atoms with E-state index in [1.165, 1.54) is 0 Å². The fraction of sp³-hybridized carbons (Fsp3) is 0.308. The second-order valence-corrected chi connectivity index (χ2v) is 4.29. The Morgan fingerprint density at radius 2 is 1.70 bits per heavy atom. The molecule has 0 aliphatic carbocycles. The first-order valence-electron chi connectivity index (χ1n) is 5.96. The smallest absolute Gasteiger partial charge is 0.320 e. The number of carbonyl (C=O) groups excluding carboxylic acids is 1. The Labute approximate surface area is 115 Å². The van der Waals surface area contributed by atoms with Gasteiger partial charge in [0.2, 0.25) is 0 Å². The molecule has 20 heavy (non-hydrogen) atoms. The molecule has 0 saturated carbocycles. The summed E-state index contributed by atoms with van der Waals surface area (Å²) in [5.74, 6) is -3.93. The number of hydrogen-bond acceptors (Lipinski definition) is 4. The second kappa shape index (κ2) is 7.25. The minimum Gasteiger partial charge on any atom is -0.481 e. The molecule has 0 spiro atoms. The molecule has 0 bridgehead atoms. The van der Waals surface area contributed by atoms with E-state index in [9.17, 15) is 14.4 Å². The van der Waals surface area contributed by atoms with E-state index in [-0.39, 0.29) is 13.0 Å². The minimum absolute atomic E-state index is 0.177. The van der Waals surface area contributed by atoms with E-state index in [1.807, 2.05) is 0 Å². The number of aliphatic carboxylic acids is 2. The van der Waals surface area contributed by atoms with Crippen LogP contribution in [0.25, 0.3) is 0 Å². The van der Waals surface area contributed by atoms with E-state index in [0.29, 0.717) is 5.56 Å². The monoisotopic (exact) mass is 280 g/mol. The van der Waals surface area contributed by atoms with E-state index in [0.717, 1.165) is 0 Å². The van der Waals surface area contributed by atoms with Crippen molar-refractivity contribution in [2.45, 2.75) is 12.5 Å². The van der Waals surface area contributed by atoms with E-state index in [2.05, 4.69) is 5.32 Å². The maximum Gasteiger partial charge on any atom is 0.320 e. The summed E-state index contributed by atoms with van der Waals surface area (Å²) in [6.45, 7) is -0.177. The number of carbonyl (C=O) groups is 3. The third-order valence-electron chi connectivity index (χ3n) is 2.75. The zero-order valence-electron chi connectivity index (χ0n) is 10.7. The van der Waals surface area contributed by atoms with Gasteiger partial charge in [0.1, 0.15) is 6.04 Å². The van der Waals surface area contributed by atoms with Gasteiger partial charge in [-0.3, -0.25) is 14.4 Å². The van der Waals surface area contributed by atoms with Crippen molar-refractivity contribution in [3.8, 4) is 0 Å². The number of carboxylic acids is 2. The van der Waals surface area contributed by atoms with E-state index < -0.39 is 29.8 Å². The van der Waals surface area contributed by atoms with Gasteiger partial charge in [-0.2, -0.15) is 0 Å². The summed E-state index contributed by atoms with van der Waals surface area (Å²) >= 11 is 0. The highest BCUT2D eigenvalue weighted by Gasteiger charge is 2.24. The van der Waals surface area contributed by atoms with Gasteiger partial charge < -0.3 is 21.3 Å². The Balaban J connectivity index is 2.57. The molecule has 0 aromatic heterocycles. The molecule has 2 atom stereocenters. The molecule has 0 aliphatic heterocycles. The third kappa shape index (κ3) is 4.69. The third-order valence-corrected chi connectivity index (χ3v) is 2.75. The zero-order valence-corrected chi connectivity index (χ0v) is 10.7. The molecule has 1 aromatic rings. The Hall–Kier alpha value is -2.41. The van der Waals surface area contributed by atoms with Crippen LogP contribution < -0.4 is 11.1 Å². The molecule has 7 nitrogen and oxygen atoms in total. The van der Waals surface area contributed by atoms with Crippen molar-refractivity contribution < 1.29 is 24.6 Å². The molecule has 1 rings (SSSR count). The van der Waals surface area contributed by atoms with Crippen molar-refractivity contribution >= 4 is 17.8 Å². The molecule has 0 aliphatic rings. The van der Waals surface area contributed by atoms with Gasteiger partial charge in [0.05, 0.1) is 5.92 Å². The summed E-state index contributed by atoms with van der Waals surface area (Å²) in [6.07, 6.45) is -0.250.